The monoisotopic (exact) mass is 293 g/mol. The number of aromatic nitrogens is 3. The van der Waals surface area contributed by atoms with E-state index in [4.69, 9.17) is 5.11 Å². The molecule has 6 nitrogen and oxygen atoms in total. The number of thioether (sulfide) groups is 1. The van der Waals surface area contributed by atoms with E-state index in [0.717, 1.165) is 22.9 Å². The topological polar surface area (TPSA) is 88.2 Å². The first-order valence-corrected chi connectivity index (χ1v) is 7.09. The Morgan fingerprint density at radius 3 is 2.75 bits per heavy atom. The van der Waals surface area contributed by atoms with Crippen LogP contribution in [0.15, 0.2) is 23.4 Å². The van der Waals surface area contributed by atoms with Gasteiger partial charge in [-0.25, -0.2) is 0 Å². The number of rotatable bonds is 5. The van der Waals surface area contributed by atoms with Crippen LogP contribution in [-0.2, 0) is 11.3 Å². The van der Waals surface area contributed by atoms with Crippen LogP contribution in [0.1, 0.15) is 12.5 Å². The van der Waals surface area contributed by atoms with Gasteiger partial charge >= 0.3 is 5.97 Å². The Morgan fingerprint density at radius 2 is 2.15 bits per heavy atom. The summed E-state index contributed by atoms with van der Waals surface area (Å²) in [6, 6.07) is 5.21. The molecule has 1 aromatic heterocycles. The second-order valence-electron chi connectivity index (χ2n) is 4.23. The molecule has 0 aliphatic carbocycles. The molecule has 20 heavy (non-hydrogen) atoms. The van der Waals surface area contributed by atoms with Crippen molar-refractivity contribution in [1.29, 1.82) is 0 Å². The Labute approximate surface area is 120 Å². The van der Waals surface area contributed by atoms with Gasteiger partial charge < -0.3 is 14.8 Å². The molecule has 2 N–H and O–H groups in total. The quantitative estimate of drug-likeness (QED) is 0.821. The van der Waals surface area contributed by atoms with Gasteiger partial charge in [-0.05, 0) is 37.6 Å². The minimum Gasteiger partial charge on any atom is -0.508 e. The molecule has 7 heteroatoms. The zero-order chi connectivity index (χ0) is 14.7. The number of carbonyl (C=O) groups is 1. The number of aliphatic carboxylic acids is 1. The van der Waals surface area contributed by atoms with Gasteiger partial charge in [0, 0.05) is 12.1 Å². The molecule has 0 saturated carbocycles. The lowest BCUT2D eigenvalue weighted by Crippen LogP contribution is -2.03. The Hall–Kier alpha value is -2.02. The predicted molar refractivity (Wildman–Crippen MR) is 75.9 cm³/mol. The Balaban J connectivity index is 2.36. The summed E-state index contributed by atoms with van der Waals surface area (Å²) in [4.78, 5) is 10.6. The number of carboxylic acids is 1. The smallest absolute Gasteiger partial charge is 0.313 e. The van der Waals surface area contributed by atoms with E-state index >= 15 is 0 Å². The Kier molecular flexibility index (Phi) is 4.29. The van der Waals surface area contributed by atoms with E-state index in [1.54, 1.807) is 12.1 Å². The van der Waals surface area contributed by atoms with Crippen LogP contribution >= 0.6 is 11.8 Å². The van der Waals surface area contributed by atoms with E-state index in [1.165, 1.54) is 0 Å². The zero-order valence-corrected chi connectivity index (χ0v) is 12.0. The van der Waals surface area contributed by atoms with Crippen LogP contribution in [0, 0.1) is 6.92 Å². The highest BCUT2D eigenvalue weighted by Crippen LogP contribution is 2.27. The third kappa shape index (κ3) is 2.93. The molecule has 2 rings (SSSR count). The largest absolute Gasteiger partial charge is 0.508 e. The Morgan fingerprint density at radius 1 is 1.40 bits per heavy atom. The molecule has 2 aromatic rings. The minimum absolute atomic E-state index is 0.0489. The average Bonchev–Trinajstić information content (AvgIpc) is 2.82. The van der Waals surface area contributed by atoms with Crippen molar-refractivity contribution in [2.75, 3.05) is 5.75 Å². The summed E-state index contributed by atoms with van der Waals surface area (Å²) in [7, 11) is 0. The number of carboxylic acid groups (broad SMARTS) is 1. The van der Waals surface area contributed by atoms with Gasteiger partial charge in [0.15, 0.2) is 11.0 Å². The summed E-state index contributed by atoms with van der Waals surface area (Å²) in [5, 5.41) is 27.0. The number of hydrogen-bond acceptors (Lipinski definition) is 5. The van der Waals surface area contributed by atoms with Gasteiger partial charge in [0.25, 0.3) is 0 Å². The maximum Gasteiger partial charge on any atom is 0.313 e. The van der Waals surface area contributed by atoms with E-state index in [1.807, 2.05) is 24.5 Å². The molecule has 0 saturated heterocycles. The highest BCUT2D eigenvalue weighted by Gasteiger charge is 2.14. The molecule has 0 fully saturated rings. The summed E-state index contributed by atoms with van der Waals surface area (Å²) in [6.07, 6.45) is 0. The van der Waals surface area contributed by atoms with Crippen LogP contribution in [0.3, 0.4) is 0 Å². The molecule has 1 heterocycles. The molecule has 0 atom stereocenters. The van der Waals surface area contributed by atoms with Crippen LogP contribution < -0.4 is 0 Å². The number of benzene rings is 1. The third-order valence-electron chi connectivity index (χ3n) is 2.81. The van der Waals surface area contributed by atoms with Gasteiger partial charge in [0.2, 0.25) is 0 Å². The molecule has 0 radical (unpaired) electrons. The van der Waals surface area contributed by atoms with Crippen molar-refractivity contribution in [3.8, 4) is 17.1 Å². The lowest BCUT2D eigenvalue weighted by molar-refractivity contribution is -0.133. The number of aryl methyl sites for hydroxylation is 1. The average molecular weight is 293 g/mol. The van der Waals surface area contributed by atoms with Crippen molar-refractivity contribution < 1.29 is 15.0 Å². The minimum atomic E-state index is -0.886. The SMILES string of the molecule is CCn1c(SCC(=O)O)nnc1-c1ccc(O)c(C)c1. The lowest BCUT2D eigenvalue weighted by atomic mass is 10.1. The van der Waals surface area contributed by atoms with Gasteiger partial charge in [0.1, 0.15) is 5.75 Å². The normalized spacial score (nSPS) is 10.7. The van der Waals surface area contributed by atoms with Crippen molar-refractivity contribution in [3.05, 3.63) is 23.8 Å². The third-order valence-corrected chi connectivity index (χ3v) is 3.76. The molecule has 0 bridgehead atoms. The second-order valence-corrected chi connectivity index (χ2v) is 5.18. The predicted octanol–water partition coefficient (Wildman–Crippen LogP) is 2.16. The molecule has 0 aliphatic rings. The summed E-state index contributed by atoms with van der Waals surface area (Å²) in [6.45, 7) is 4.40. The number of phenols is 1. The highest BCUT2D eigenvalue weighted by molar-refractivity contribution is 7.99. The zero-order valence-electron chi connectivity index (χ0n) is 11.2. The fourth-order valence-corrected chi connectivity index (χ4v) is 2.54. The molecule has 0 spiro atoms. The van der Waals surface area contributed by atoms with Crippen molar-refractivity contribution in [2.24, 2.45) is 0 Å². The fourth-order valence-electron chi connectivity index (χ4n) is 1.81. The van der Waals surface area contributed by atoms with E-state index in [-0.39, 0.29) is 11.5 Å². The summed E-state index contributed by atoms with van der Waals surface area (Å²) in [5.41, 5.74) is 1.60. The van der Waals surface area contributed by atoms with E-state index in [9.17, 15) is 9.90 Å². The van der Waals surface area contributed by atoms with E-state index in [0.29, 0.717) is 17.5 Å². The summed E-state index contributed by atoms with van der Waals surface area (Å²) >= 11 is 1.14. The maximum atomic E-state index is 10.6. The van der Waals surface area contributed by atoms with Crippen LogP contribution in [0.4, 0.5) is 0 Å². The van der Waals surface area contributed by atoms with Crippen LogP contribution in [0.25, 0.3) is 11.4 Å². The summed E-state index contributed by atoms with van der Waals surface area (Å²) in [5.74, 6) is -0.0322. The van der Waals surface area contributed by atoms with Crippen molar-refractivity contribution in [3.63, 3.8) is 0 Å². The van der Waals surface area contributed by atoms with Crippen LogP contribution in [-0.4, -0.2) is 36.7 Å². The fraction of sp³-hybridized carbons (Fsp3) is 0.308. The Bertz CT molecular complexity index is 640. The van der Waals surface area contributed by atoms with Crippen molar-refractivity contribution in [1.82, 2.24) is 14.8 Å². The molecule has 0 unspecified atom stereocenters. The second kappa shape index (κ2) is 5.96. The number of phenolic OH excluding ortho intramolecular Hbond substituents is 1. The van der Waals surface area contributed by atoms with Crippen LogP contribution in [0.2, 0.25) is 0 Å². The van der Waals surface area contributed by atoms with Gasteiger partial charge in [0.05, 0.1) is 5.75 Å². The molecule has 106 valence electrons. The van der Waals surface area contributed by atoms with Gasteiger partial charge in [-0.15, -0.1) is 10.2 Å². The molecule has 0 amide bonds. The van der Waals surface area contributed by atoms with Gasteiger partial charge in [-0.2, -0.15) is 0 Å². The first-order chi connectivity index (χ1) is 9.52. The van der Waals surface area contributed by atoms with Gasteiger partial charge in [-0.3, -0.25) is 4.79 Å². The van der Waals surface area contributed by atoms with Crippen LogP contribution in [0.5, 0.6) is 5.75 Å². The first kappa shape index (κ1) is 14.4. The highest BCUT2D eigenvalue weighted by atomic mass is 32.2. The molecule has 1 aromatic carbocycles. The molecular formula is C13H15N3O3S. The number of hydrogen-bond donors (Lipinski definition) is 2. The standard InChI is InChI=1S/C13H15N3O3S/c1-3-16-12(9-4-5-10(17)8(2)6-9)14-15-13(16)20-7-11(18)19/h4-6,17H,3,7H2,1-2H3,(H,18,19). The molecule has 0 aliphatic heterocycles. The maximum absolute atomic E-state index is 10.6. The molecular weight excluding hydrogens is 278 g/mol. The number of nitrogens with zero attached hydrogens (tertiary/aromatic N) is 3. The first-order valence-electron chi connectivity index (χ1n) is 6.10. The van der Waals surface area contributed by atoms with Gasteiger partial charge in [-0.1, -0.05) is 11.8 Å². The van der Waals surface area contributed by atoms with Crippen molar-refractivity contribution >= 4 is 17.7 Å². The summed E-state index contributed by atoms with van der Waals surface area (Å²) < 4.78 is 1.86. The van der Waals surface area contributed by atoms with E-state index in [2.05, 4.69) is 10.2 Å². The lowest BCUT2D eigenvalue weighted by Gasteiger charge is -2.07. The van der Waals surface area contributed by atoms with Crippen molar-refractivity contribution in [2.45, 2.75) is 25.5 Å². The van der Waals surface area contributed by atoms with E-state index < -0.39 is 5.97 Å². The number of aromatic hydroxyl groups is 1.